The summed E-state index contributed by atoms with van der Waals surface area (Å²) < 4.78 is 1.52. The molecule has 2 heterocycles. The van der Waals surface area contributed by atoms with Gasteiger partial charge in [0, 0.05) is 11.3 Å². The summed E-state index contributed by atoms with van der Waals surface area (Å²) in [6.07, 6.45) is 6.43. The summed E-state index contributed by atoms with van der Waals surface area (Å²) in [6, 6.07) is 15.4. The number of amides is 1. The van der Waals surface area contributed by atoms with Crippen LogP contribution in [0.4, 0.5) is 5.69 Å². The minimum absolute atomic E-state index is 0.154. The van der Waals surface area contributed by atoms with Gasteiger partial charge in [-0.2, -0.15) is 0 Å². The second kappa shape index (κ2) is 8.96. The van der Waals surface area contributed by atoms with Crippen LogP contribution in [0.25, 0.3) is 5.69 Å². The highest BCUT2D eigenvalue weighted by Gasteiger charge is 2.16. The summed E-state index contributed by atoms with van der Waals surface area (Å²) in [5.74, 6) is 0.678. The van der Waals surface area contributed by atoms with Gasteiger partial charge in [-0.25, -0.2) is 4.68 Å². The Morgan fingerprint density at radius 1 is 1.14 bits per heavy atom. The van der Waals surface area contributed by atoms with Crippen molar-refractivity contribution in [1.29, 1.82) is 0 Å². The standard InChI is InChI=1S/C22H26N6O/c1-27-13-11-18(12-14-27)6-5-17-7-9-20(10-8-17)24-22(29)19-3-2-4-21(15-19)28-16-23-25-26-28/h2-4,7-10,15-16,18H,5-6,11-14H2,1H3,(H,24,29). The van der Waals surface area contributed by atoms with Crippen LogP contribution in [0.5, 0.6) is 0 Å². The van der Waals surface area contributed by atoms with E-state index in [0.29, 0.717) is 5.56 Å². The Labute approximate surface area is 170 Å². The Kier molecular flexibility index (Phi) is 5.95. The zero-order valence-electron chi connectivity index (χ0n) is 16.7. The van der Waals surface area contributed by atoms with E-state index in [4.69, 9.17) is 0 Å². The van der Waals surface area contributed by atoms with E-state index in [9.17, 15) is 4.79 Å². The highest BCUT2D eigenvalue weighted by atomic mass is 16.1. The number of carbonyl (C=O) groups is 1. The summed E-state index contributed by atoms with van der Waals surface area (Å²) in [6.45, 7) is 2.43. The lowest BCUT2D eigenvalue weighted by Crippen LogP contribution is -2.30. The molecule has 150 valence electrons. The molecule has 4 rings (SSSR count). The molecule has 3 aromatic rings. The molecule has 0 unspecified atom stereocenters. The number of rotatable bonds is 6. The fraction of sp³-hybridized carbons (Fsp3) is 0.364. The lowest BCUT2D eigenvalue weighted by atomic mass is 9.91. The molecule has 0 atom stereocenters. The van der Waals surface area contributed by atoms with E-state index in [0.717, 1.165) is 23.7 Å². The van der Waals surface area contributed by atoms with Crippen molar-refractivity contribution in [1.82, 2.24) is 25.1 Å². The third-order valence-corrected chi connectivity index (χ3v) is 5.61. The first-order valence-electron chi connectivity index (χ1n) is 10.1. The highest BCUT2D eigenvalue weighted by Crippen LogP contribution is 2.22. The maximum Gasteiger partial charge on any atom is 0.255 e. The molecule has 1 fully saturated rings. The molecule has 1 aromatic heterocycles. The Morgan fingerprint density at radius 3 is 2.66 bits per heavy atom. The van der Waals surface area contributed by atoms with E-state index >= 15 is 0 Å². The van der Waals surface area contributed by atoms with E-state index in [2.05, 4.69) is 44.9 Å². The molecule has 1 aliphatic rings. The minimum atomic E-state index is -0.154. The van der Waals surface area contributed by atoms with Crippen LogP contribution in [0.2, 0.25) is 0 Å². The van der Waals surface area contributed by atoms with Gasteiger partial charge in [0.05, 0.1) is 5.69 Å². The molecular formula is C22H26N6O. The Morgan fingerprint density at radius 2 is 1.93 bits per heavy atom. The quantitative estimate of drug-likeness (QED) is 0.700. The molecule has 0 radical (unpaired) electrons. The molecule has 1 amide bonds. The van der Waals surface area contributed by atoms with E-state index in [1.807, 2.05) is 24.3 Å². The number of tetrazole rings is 1. The first-order chi connectivity index (χ1) is 14.2. The molecule has 1 saturated heterocycles. The van der Waals surface area contributed by atoms with E-state index in [1.165, 1.54) is 48.9 Å². The summed E-state index contributed by atoms with van der Waals surface area (Å²) in [5, 5.41) is 14.1. The number of anilines is 1. The van der Waals surface area contributed by atoms with Crippen LogP contribution in [0.15, 0.2) is 54.9 Å². The average molecular weight is 390 g/mol. The maximum atomic E-state index is 12.6. The molecule has 2 aromatic carbocycles. The molecule has 0 aliphatic carbocycles. The Hall–Kier alpha value is -3.06. The summed E-state index contributed by atoms with van der Waals surface area (Å²) in [5.41, 5.74) is 3.42. The van der Waals surface area contributed by atoms with Gasteiger partial charge in [0.1, 0.15) is 6.33 Å². The summed E-state index contributed by atoms with van der Waals surface area (Å²) in [4.78, 5) is 15.0. The van der Waals surface area contributed by atoms with Gasteiger partial charge in [-0.1, -0.05) is 18.2 Å². The van der Waals surface area contributed by atoms with Crippen molar-refractivity contribution in [3.05, 3.63) is 66.0 Å². The third kappa shape index (κ3) is 5.06. The third-order valence-electron chi connectivity index (χ3n) is 5.61. The molecule has 0 saturated carbocycles. The van der Waals surface area contributed by atoms with Crippen molar-refractivity contribution in [2.24, 2.45) is 5.92 Å². The van der Waals surface area contributed by atoms with Crippen molar-refractivity contribution in [3.63, 3.8) is 0 Å². The molecule has 7 heteroatoms. The van der Waals surface area contributed by atoms with Crippen LogP contribution in [0.1, 0.15) is 35.2 Å². The van der Waals surface area contributed by atoms with E-state index in [-0.39, 0.29) is 5.91 Å². The predicted molar refractivity (Wildman–Crippen MR) is 112 cm³/mol. The van der Waals surface area contributed by atoms with E-state index in [1.54, 1.807) is 12.1 Å². The number of aryl methyl sites for hydroxylation is 1. The van der Waals surface area contributed by atoms with Gasteiger partial charge in [-0.15, -0.1) is 5.10 Å². The van der Waals surface area contributed by atoms with Gasteiger partial charge in [0.25, 0.3) is 5.91 Å². The van der Waals surface area contributed by atoms with Crippen molar-refractivity contribution < 1.29 is 4.79 Å². The van der Waals surface area contributed by atoms with E-state index < -0.39 is 0 Å². The molecule has 0 bridgehead atoms. The topological polar surface area (TPSA) is 75.9 Å². The minimum Gasteiger partial charge on any atom is -0.322 e. The zero-order valence-corrected chi connectivity index (χ0v) is 16.7. The van der Waals surface area contributed by atoms with Crippen molar-refractivity contribution in [3.8, 4) is 5.69 Å². The molecular weight excluding hydrogens is 364 g/mol. The number of carbonyl (C=O) groups excluding carboxylic acids is 1. The normalized spacial score (nSPS) is 15.3. The summed E-state index contributed by atoms with van der Waals surface area (Å²) >= 11 is 0. The van der Waals surface area contributed by atoms with Gasteiger partial charge < -0.3 is 10.2 Å². The SMILES string of the molecule is CN1CCC(CCc2ccc(NC(=O)c3cccc(-n4cnnn4)c3)cc2)CC1. The van der Waals surface area contributed by atoms with Crippen LogP contribution in [0.3, 0.4) is 0 Å². The Bertz CT molecular complexity index is 930. The van der Waals surface area contributed by atoms with Crippen molar-refractivity contribution in [2.75, 3.05) is 25.5 Å². The fourth-order valence-electron chi connectivity index (χ4n) is 3.75. The predicted octanol–water partition coefficient (Wildman–Crippen LogP) is 3.19. The second-order valence-electron chi connectivity index (χ2n) is 7.74. The van der Waals surface area contributed by atoms with Crippen molar-refractivity contribution in [2.45, 2.75) is 25.7 Å². The number of piperidine rings is 1. The zero-order chi connectivity index (χ0) is 20.1. The number of aromatic nitrogens is 4. The maximum absolute atomic E-state index is 12.6. The van der Waals surface area contributed by atoms with Gasteiger partial charge in [0.15, 0.2) is 0 Å². The van der Waals surface area contributed by atoms with Crippen LogP contribution >= 0.6 is 0 Å². The number of benzene rings is 2. The average Bonchev–Trinajstić information content (AvgIpc) is 3.29. The number of hydrogen-bond donors (Lipinski definition) is 1. The number of nitrogens with one attached hydrogen (secondary N) is 1. The van der Waals surface area contributed by atoms with Gasteiger partial charge in [-0.05, 0) is 98.1 Å². The van der Waals surface area contributed by atoms with Crippen LogP contribution in [-0.2, 0) is 6.42 Å². The molecule has 1 N–H and O–H groups in total. The fourth-order valence-corrected chi connectivity index (χ4v) is 3.75. The lowest BCUT2D eigenvalue weighted by Gasteiger charge is -2.28. The highest BCUT2D eigenvalue weighted by molar-refractivity contribution is 6.04. The first-order valence-corrected chi connectivity index (χ1v) is 10.1. The second-order valence-corrected chi connectivity index (χ2v) is 7.74. The smallest absolute Gasteiger partial charge is 0.255 e. The molecule has 29 heavy (non-hydrogen) atoms. The lowest BCUT2D eigenvalue weighted by molar-refractivity contribution is 0.102. The van der Waals surface area contributed by atoms with Crippen LogP contribution in [0, 0.1) is 5.92 Å². The van der Waals surface area contributed by atoms with Gasteiger partial charge in [-0.3, -0.25) is 4.79 Å². The Balaban J connectivity index is 1.33. The number of nitrogens with zero attached hydrogens (tertiary/aromatic N) is 5. The monoisotopic (exact) mass is 390 g/mol. The number of hydrogen-bond acceptors (Lipinski definition) is 5. The van der Waals surface area contributed by atoms with Gasteiger partial charge >= 0.3 is 0 Å². The molecule has 7 nitrogen and oxygen atoms in total. The largest absolute Gasteiger partial charge is 0.322 e. The molecule has 1 aliphatic heterocycles. The van der Waals surface area contributed by atoms with Crippen molar-refractivity contribution >= 4 is 11.6 Å². The first kappa shape index (κ1) is 19.3. The van der Waals surface area contributed by atoms with Crippen LogP contribution in [-0.4, -0.2) is 51.2 Å². The molecule has 0 spiro atoms. The van der Waals surface area contributed by atoms with Gasteiger partial charge in [0.2, 0.25) is 0 Å². The van der Waals surface area contributed by atoms with Crippen LogP contribution < -0.4 is 5.32 Å². The summed E-state index contributed by atoms with van der Waals surface area (Å²) in [7, 11) is 2.20. The number of likely N-dealkylation sites (tertiary alicyclic amines) is 1.